The van der Waals surface area contributed by atoms with Gasteiger partial charge in [0.15, 0.2) is 0 Å². The van der Waals surface area contributed by atoms with Crippen molar-refractivity contribution in [2.45, 2.75) is 25.3 Å². The first kappa shape index (κ1) is 13.9. The van der Waals surface area contributed by atoms with Crippen LogP contribution in [-0.4, -0.2) is 44.1 Å². The van der Waals surface area contributed by atoms with Crippen LogP contribution >= 0.6 is 0 Å². The van der Waals surface area contributed by atoms with Crippen LogP contribution < -0.4 is 10.1 Å². The summed E-state index contributed by atoms with van der Waals surface area (Å²) in [4.78, 5) is 14.0. The molecule has 0 unspecified atom stereocenters. The molecule has 1 aromatic carbocycles. The third-order valence-electron chi connectivity index (χ3n) is 3.67. The summed E-state index contributed by atoms with van der Waals surface area (Å²) in [5.41, 5.74) is 1.18. The van der Waals surface area contributed by atoms with E-state index in [1.54, 1.807) is 7.11 Å². The Labute approximate surface area is 114 Å². The first-order valence-electron chi connectivity index (χ1n) is 6.82. The molecular formula is C15H22N2O2. The van der Waals surface area contributed by atoms with Crippen molar-refractivity contribution in [1.29, 1.82) is 0 Å². The van der Waals surface area contributed by atoms with E-state index in [0.29, 0.717) is 12.6 Å². The number of hydrogen-bond donors (Lipinski definition) is 1. The van der Waals surface area contributed by atoms with Crippen LogP contribution in [0.4, 0.5) is 0 Å². The molecule has 1 amide bonds. The molecule has 1 saturated heterocycles. The number of carbonyl (C=O) groups excluding carboxylic acids is 1. The molecule has 2 rings (SSSR count). The standard InChI is InChI=1S/C15H22N2O2/c1-16-11-15(18)17-9-5-7-13(17)10-12-6-3-4-8-14(12)19-2/h3-4,6,8,13,16H,5,7,9-11H2,1-2H3/t13-/m1/s1. The fourth-order valence-electron chi connectivity index (χ4n) is 2.75. The minimum atomic E-state index is 0.194. The zero-order valence-electron chi connectivity index (χ0n) is 11.7. The highest BCUT2D eigenvalue weighted by molar-refractivity contribution is 5.78. The van der Waals surface area contributed by atoms with Gasteiger partial charge in [0.05, 0.1) is 13.7 Å². The fourth-order valence-corrected chi connectivity index (χ4v) is 2.75. The predicted molar refractivity (Wildman–Crippen MR) is 75.4 cm³/mol. The van der Waals surface area contributed by atoms with E-state index in [1.807, 2.05) is 30.1 Å². The van der Waals surface area contributed by atoms with E-state index in [-0.39, 0.29) is 5.91 Å². The van der Waals surface area contributed by atoms with Crippen molar-refractivity contribution in [3.8, 4) is 5.75 Å². The van der Waals surface area contributed by atoms with Crippen LogP contribution in [0.5, 0.6) is 5.75 Å². The molecule has 1 heterocycles. The maximum Gasteiger partial charge on any atom is 0.236 e. The van der Waals surface area contributed by atoms with Crippen LogP contribution in [0.2, 0.25) is 0 Å². The van der Waals surface area contributed by atoms with E-state index in [1.165, 1.54) is 5.56 Å². The van der Waals surface area contributed by atoms with Crippen LogP contribution in [0.1, 0.15) is 18.4 Å². The van der Waals surface area contributed by atoms with Crippen LogP contribution in [-0.2, 0) is 11.2 Å². The Hall–Kier alpha value is -1.55. The molecule has 4 nitrogen and oxygen atoms in total. The Morgan fingerprint density at radius 1 is 1.47 bits per heavy atom. The number of ether oxygens (including phenoxy) is 1. The number of nitrogens with zero attached hydrogens (tertiary/aromatic N) is 1. The largest absolute Gasteiger partial charge is 0.496 e. The van der Waals surface area contributed by atoms with Crippen molar-refractivity contribution >= 4 is 5.91 Å². The van der Waals surface area contributed by atoms with Crippen molar-refractivity contribution in [1.82, 2.24) is 10.2 Å². The van der Waals surface area contributed by atoms with Gasteiger partial charge in [-0.1, -0.05) is 18.2 Å². The quantitative estimate of drug-likeness (QED) is 0.873. The second-order valence-corrected chi connectivity index (χ2v) is 4.93. The predicted octanol–water partition coefficient (Wildman–Crippen LogP) is 1.45. The lowest BCUT2D eigenvalue weighted by Crippen LogP contribution is -2.41. The molecule has 0 spiro atoms. The molecule has 104 valence electrons. The second-order valence-electron chi connectivity index (χ2n) is 4.93. The van der Waals surface area contributed by atoms with Crippen molar-refractivity contribution in [3.05, 3.63) is 29.8 Å². The van der Waals surface area contributed by atoms with Gasteiger partial charge in [-0.05, 0) is 37.9 Å². The highest BCUT2D eigenvalue weighted by atomic mass is 16.5. The second kappa shape index (κ2) is 6.57. The van der Waals surface area contributed by atoms with E-state index in [4.69, 9.17) is 4.74 Å². The summed E-state index contributed by atoms with van der Waals surface area (Å²) in [7, 11) is 3.50. The number of rotatable bonds is 5. The van der Waals surface area contributed by atoms with E-state index < -0.39 is 0 Å². The first-order valence-corrected chi connectivity index (χ1v) is 6.82. The van der Waals surface area contributed by atoms with Gasteiger partial charge >= 0.3 is 0 Å². The lowest BCUT2D eigenvalue weighted by molar-refractivity contribution is -0.130. The topological polar surface area (TPSA) is 41.6 Å². The Morgan fingerprint density at radius 3 is 3.00 bits per heavy atom. The summed E-state index contributed by atoms with van der Waals surface area (Å²) in [6.07, 6.45) is 3.04. The van der Waals surface area contributed by atoms with Gasteiger partial charge in [0.25, 0.3) is 0 Å². The summed E-state index contributed by atoms with van der Waals surface area (Å²) in [6.45, 7) is 1.29. The number of carbonyl (C=O) groups is 1. The van der Waals surface area contributed by atoms with Gasteiger partial charge in [-0.15, -0.1) is 0 Å². The van der Waals surface area contributed by atoms with E-state index in [2.05, 4.69) is 11.4 Å². The van der Waals surface area contributed by atoms with Crippen molar-refractivity contribution < 1.29 is 9.53 Å². The number of likely N-dealkylation sites (N-methyl/N-ethyl adjacent to an activating group) is 1. The third kappa shape index (κ3) is 3.26. The summed E-state index contributed by atoms with van der Waals surface area (Å²) >= 11 is 0. The van der Waals surface area contributed by atoms with Gasteiger partial charge in [-0.3, -0.25) is 4.79 Å². The summed E-state index contributed by atoms with van der Waals surface area (Å²) in [5.74, 6) is 1.11. The minimum absolute atomic E-state index is 0.194. The maximum absolute atomic E-state index is 12.0. The first-order chi connectivity index (χ1) is 9.26. The fraction of sp³-hybridized carbons (Fsp3) is 0.533. The highest BCUT2D eigenvalue weighted by Crippen LogP contribution is 2.25. The van der Waals surface area contributed by atoms with Crippen LogP contribution in [0.3, 0.4) is 0 Å². The summed E-state index contributed by atoms with van der Waals surface area (Å²) < 4.78 is 5.38. The average molecular weight is 262 g/mol. The van der Waals surface area contributed by atoms with Crippen molar-refractivity contribution in [2.24, 2.45) is 0 Å². The molecule has 0 saturated carbocycles. The molecule has 1 N–H and O–H groups in total. The molecule has 1 atom stereocenters. The van der Waals surface area contributed by atoms with Gasteiger partial charge in [-0.2, -0.15) is 0 Å². The number of likely N-dealkylation sites (tertiary alicyclic amines) is 1. The zero-order valence-corrected chi connectivity index (χ0v) is 11.7. The molecule has 0 radical (unpaired) electrons. The van der Waals surface area contributed by atoms with Crippen molar-refractivity contribution in [3.63, 3.8) is 0 Å². The van der Waals surface area contributed by atoms with Gasteiger partial charge < -0.3 is 15.0 Å². The normalized spacial score (nSPS) is 18.6. The number of para-hydroxylation sites is 1. The Morgan fingerprint density at radius 2 is 2.26 bits per heavy atom. The minimum Gasteiger partial charge on any atom is -0.496 e. The SMILES string of the molecule is CNCC(=O)N1CCC[C@@H]1Cc1ccccc1OC. The monoisotopic (exact) mass is 262 g/mol. The van der Waals surface area contributed by atoms with Gasteiger partial charge in [0.2, 0.25) is 5.91 Å². The molecule has 1 aliphatic heterocycles. The van der Waals surface area contributed by atoms with Gasteiger partial charge in [-0.25, -0.2) is 0 Å². The van der Waals surface area contributed by atoms with Crippen LogP contribution in [0, 0.1) is 0 Å². The molecule has 1 aliphatic rings. The van der Waals surface area contributed by atoms with Gasteiger partial charge in [0.1, 0.15) is 5.75 Å². The Kier molecular flexibility index (Phi) is 4.80. The Bertz CT molecular complexity index is 434. The molecule has 1 aromatic rings. The van der Waals surface area contributed by atoms with Crippen molar-refractivity contribution in [2.75, 3.05) is 27.2 Å². The molecule has 0 aromatic heterocycles. The number of amides is 1. The highest BCUT2D eigenvalue weighted by Gasteiger charge is 2.28. The summed E-state index contributed by atoms with van der Waals surface area (Å²) in [6, 6.07) is 8.35. The number of hydrogen-bond acceptors (Lipinski definition) is 3. The number of benzene rings is 1. The molecule has 19 heavy (non-hydrogen) atoms. The molecular weight excluding hydrogens is 240 g/mol. The molecule has 0 aliphatic carbocycles. The summed E-state index contributed by atoms with van der Waals surface area (Å²) in [5, 5.41) is 2.94. The van der Waals surface area contributed by atoms with Crippen LogP contribution in [0.15, 0.2) is 24.3 Å². The molecule has 4 heteroatoms. The zero-order chi connectivity index (χ0) is 13.7. The van der Waals surface area contributed by atoms with E-state index in [9.17, 15) is 4.79 Å². The average Bonchev–Trinajstić information content (AvgIpc) is 2.88. The van der Waals surface area contributed by atoms with Gasteiger partial charge in [0, 0.05) is 12.6 Å². The Balaban J connectivity index is 2.07. The lowest BCUT2D eigenvalue weighted by Gasteiger charge is -2.25. The lowest BCUT2D eigenvalue weighted by atomic mass is 10.0. The third-order valence-corrected chi connectivity index (χ3v) is 3.67. The number of methoxy groups -OCH3 is 1. The molecule has 0 bridgehead atoms. The number of nitrogens with one attached hydrogen (secondary N) is 1. The molecule has 1 fully saturated rings. The maximum atomic E-state index is 12.0. The van der Waals surface area contributed by atoms with Crippen LogP contribution in [0.25, 0.3) is 0 Å². The van der Waals surface area contributed by atoms with E-state index in [0.717, 1.165) is 31.6 Å². The van der Waals surface area contributed by atoms with E-state index >= 15 is 0 Å². The smallest absolute Gasteiger partial charge is 0.236 e.